The molecule has 1 aliphatic heterocycles. The molecule has 1 heterocycles. The Balaban J connectivity index is 2.68. The number of primary amides is 1. The molecule has 5 heteroatoms. The Morgan fingerprint density at radius 2 is 2.36 bits per heavy atom. The average molecular weight is 200 g/mol. The van der Waals surface area contributed by atoms with Crippen LogP contribution in [-0.2, 0) is 9.53 Å². The van der Waals surface area contributed by atoms with E-state index in [1.54, 1.807) is 6.92 Å². The van der Waals surface area contributed by atoms with Crippen molar-refractivity contribution < 1.29 is 14.3 Å². The zero-order valence-electron chi connectivity index (χ0n) is 8.36. The van der Waals surface area contributed by atoms with E-state index < -0.39 is 11.8 Å². The quantitative estimate of drug-likeness (QED) is 0.673. The van der Waals surface area contributed by atoms with E-state index in [1.165, 1.54) is 4.90 Å². The predicted octanol–water partition coefficient (Wildman–Crippen LogP) is 0.483. The summed E-state index contributed by atoms with van der Waals surface area (Å²) in [7, 11) is 0. The Morgan fingerprint density at radius 3 is 2.93 bits per heavy atom. The highest BCUT2D eigenvalue weighted by Crippen LogP contribution is 2.28. The maximum atomic E-state index is 11.1. The van der Waals surface area contributed by atoms with Gasteiger partial charge in [-0.15, -0.1) is 0 Å². The lowest BCUT2D eigenvalue weighted by molar-refractivity contribution is -0.148. The Bertz CT molecular complexity index is 232. The Kier molecular flexibility index (Phi) is 3.46. The Morgan fingerprint density at radius 1 is 1.64 bits per heavy atom. The summed E-state index contributed by atoms with van der Waals surface area (Å²) in [6.45, 7) is 2.39. The largest absolute Gasteiger partial charge is 0.351 e. The van der Waals surface area contributed by atoms with Crippen LogP contribution in [0.15, 0.2) is 0 Å². The van der Waals surface area contributed by atoms with Crippen LogP contribution in [0, 0.1) is 0 Å². The maximum Gasteiger partial charge on any atom is 0.317 e. The summed E-state index contributed by atoms with van der Waals surface area (Å²) in [5, 5.41) is 0. The Labute approximate surface area is 83.2 Å². The Hall–Kier alpha value is -1.10. The number of hydrogen-bond donors (Lipinski definition) is 1. The minimum atomic E-state index is -0.703. The van der Waals surface area contributed by atoms with Gasteiger partial charge in [-0.05, 0) is 26.2 Å². The summed E-state index contributed by atoms with van der Waals surface area (Å²) in [6.07, 6.45) is 3.32. The third-order valence-corrected chi connectivity index (χ3v) is 2.57. The minimum Gasteiger partial charge on any atom is -0.351 e. The summed E-state index contributed by atoms with van der Waals surface area (Å²) in [4.78, 5) is 22.8. The van der Waals surface area contributed by atoms with Crippen molar-refractivity contribution in [1.29, 1.82) is 0 Å². The van der Waals surface area contributed by atoms with E-state index in [1.807, 2.05) is 0 Å². The summed E-state index contributed by atoms with van der Waals surface area (Å²) in [5.41, 5.74) is 4.53. The molecule has 1 fully saturated rings. The molecule has 0 aliphatic carbocycles. The number of ether oxygens (including phenoxy) is 1. The standard InChI is InChI=1S/C9H16N2O3/c1-9(14-7-6-12)4-2-3-5-11(9)8(10)13/h6H,2-5,7H2,1H3,(H2,10,13). The molecule has 2 N–H and O–H groups in total. The SMILES string of the molecule is CC1(OCC=O)CCCCN1C(N)=O. The van der Waals surface area contributed by atoms with Gasteiger partial charge in [0.1, 0.15) is 18.6 Å². The molecule has 0 aromatic carbocycles. The molecule has 5 nitrogen and oxygen atoms in total. The first kappa shape index (κ1) is 11.0. The fourth-order valence-corrected chi connectivity index (χ4v) is 1.80. The van der Waals surface area contributed by atoms with Crippen molar-refractivity contribution in [2.75, 3.05) is 13.2 Å². The van der Waals surface area contributed by atoms with Crippen molar-refractivity contribution >= 4 is 12.3 Å². The third-order valence-electron chi connectivity index (χ3n) is 2.57. The minimum absolute atomic E-state index is 0.000278. The van der Waals surface area contributed by atoms with Gasteiger partial charge in [0, 0.05) is 6.54 Å². The molecule has 1 atom stereocenters. The van der Waals surface area contributed by atoms with Crippen LogP contribution in [0.4, 0.5) is 4.79 Å². The molecule has 1 aliphatic rings. The first-order chi connectivity index (χ1) is 6.60. The van der Waals surface area contributed by atoms with Crippen LogP contribution >= 0.6 is 0 Å². The number of aldehydes is 1. The van der Waals surface area contributed by atoms with Gasteiger partial charge in [-0.25, -0.2) is 4.79 Å². The fraction of sp³-hybridized carbons (Fsp3) is 0.778. The highest BCUT2D eigenvalue weighted by molar-refractivity contribution is 5.72. The smallest absolute Gasteiger partial charge is 0.317 e. The van der Waals surface area contributed by atoms with Crippen LogP contribution in [0.2, 0.25) is 0 Å². The second-order valence-electron chi connectivity index (χ2n) is 3.60. The zero-order chi connectivity index (χ0) is 10.6. The summed E-state index contributed by atoms with van der Waals surface area (Å²) in [5.74, 6) is 0. The number of amides is 2. The first-order valence-corrected chi connectivity index (χ1v) is 4.75. The van der Waals surface area contributed by atoms with Crippen LogP contribution < -0.4 is 5.73 Å². The van der Waals surface area contributed by atoms with E-state index in [-0.39, 0.29) is 6.61 Å². The number of nitrogens with zero attached hydrogens (tertiary/aromatic N) is 1. The van der Waals surface area contributed by atoms with Crippen LogP contribution in [0.25, 0.3) is 0 Å². The monoisotopic (exact) mass is 200 g/mol. The van der Waals surface area contributed by atoms with Crippen molar-refractivity contribution in [2.45, 2.75) is 31.9 Å². The molecule has 0 spiro atoms. The topological polar surface area (TPSA) is 72.6 Å². The highest BCUT2D eigenvalue weighted by Gasteiger charge is 2.37. The summed E-state index contributed by atoms with van der Waals surface area (Å²) in [6, 6.07) is -0.488. The van der Waals surface area contributed by atoms with Crippen molar-refractivity contribution in [3.05, 3.63) is 0 Å². The maximum absolute atomic E-state index is 11.1. The van der Waals surface area contributed by atoms with E-state index >= 15 is 0 Å². The molecule has 1 unspecified atom stereocenters. The molecule has 0 radical (unpaired) electrons. The molecule has 80 valence electrons. The lowest BCUT2D eigenvalue weighted by Gasteiger charge is -2.43. The third kappa shape index (κ3) is 2.23. The van der Waals surface area contributed by atoms with Crippen LogP contribution in [0.1, 0.15) is 26.2 Å². The normalized spacial score (nSPS) is 27.4. The fourth-order valence-electron chi connectivity index (χ4n) is 1.80. The van der Waals surface area contributed by atoms with Gasteiger partial charge >= 0.3 is 6.03 Å². The molecule has 2 amide bonds. The van der Waals surface area contributed by atoms with E-state index in [4.69, 9.17) is 10.5 Å². The van der Waals surface area contributed by atoms with E-state index in [9.17, 15) is 9.59 Å². The van der Waals surface area contributed by atoms with Crippen LogP contribution in [-0.4, -0.2) is 36.1 Å². The highest BCUT2D eigenvalue weighted by atomic mass is 16.5. The molecule has 1 rings (SSSR count). The number of rotatable bonds is 3. The van der Waals surface area contributed by atoms with Gasteiger partial charge in [-0.1, -0.05) is 0 Å². The number of carbonyl (C=O) groups excluding carboxylic acids is 2. The first-order valence-electron chi connectivity index (χ1n) is 4.75. The molecule has 1 saturated heterocycles. The van der Waals surface area contributed by atoms with E-state index in [0.717, 1.165) is 19.3 Å². The molecule has 0 aromatic heterocycles. The number of urea groups is 1. The van der Waals surface area contributed by atoms with Gasteiger partial charge in [-0.2, -0.15) is 0 Å². The van der Waals surface area contributed by atoms with Gasteiger partial charge in [-0.3, -0.25) is 4.90 Å². The molecule has 14 heavy (non-hydrogen) atoms. The molecular weight excluding hydrogens is 184 g/mol. The number of likely N-dealkylation sites (tertiary alicyclic amines) is 1. The van der Waals surface area contributed by atoms with Crippen molar-refractivity contribution in [1.82, 2.24) is 4.90 Å². The second kappa shape index (κ2) is 4.41. The van der Waals surface area contributed by atoms with Crippen LogP contribution in [0.3, 0.4) is 0 Å². The van der Waals surface area contributed by atoms with E-state index in [2.05, 4.69) is 0 Å². The van der Waals surface area contributed by atoms with Gasteiger partial charge in [0.2, 0.25) is 0 Å². The lowest BCUT2D eigenvalue weighted by atomic mass is 10.0. The molecule has 0 aromatic rings. The number of hydrogen-bond acceptors (Lipinski definition) is 3. The van der Waals surface area contributed by atoms with Crippen molar-refractivity contribution in [2.24, 2.45) is 5.73 Å². The number of nitrogens with two attached hydrogens (primary N) is 1. The summed E-state index contributed by atoms with van der Waals surface area (Å²) >= 11 is 0. The van der Waals surface area contributed by atoms with Crippen molar-refractivity contribution in [3.8, 4) is 0 Å². The average Bonchev–Trinajstić information content (AvgIpc) is 2.15. The number of piperidine rings is 1. The molecular formula is C9H16N2O3. The van der Waals surface area contributed by atoms with Crippen LogP contribution in [0.5, 0.6) is 0 Å². The van der Waals surface area contributed by atoms with Gasteiger partial charge in [0.05, 0.1) is 0 Å². The molecule has 0 saturated carbocycles. The predicted molar refractivity (Wildman–Crippen MR) is 50.6 cm³/mol. The van der Waals surface area contributed by atoms with Crippen molar-refractivity contribution in [3.63, 3.8) is 0 Å². The molecule has 0 bridgehead atoms. The zero-order valence-corrected chi connectivity index (χ0v) is 8.36. The second-order valence-corrected chi connectivity index (χ2v) is 3.60. The lowest BCUT2D eigenvalue weighted by Crippen LogP contribution is -2.56. The van der Waals surface area contributed by atoms with Gasteiger partial charge in [0.25, 0.3) is 0 Å². The van der Waals surface area contributed by atoms with Gasteiger partial charge < -0.3 is 15.3 Å². The summed E-state index contributed by atoms with van der Waals surface area (Å²) < 4.78 is 5.35. The number of carbonyl (C=O) groups is 2. The van der Waals surface area contributed by atoms with Gasteiger partial charge in [0.15, 0.2) is 0 Å². The van der Waals surface area contributed by atoms with E-state index in [0.29, 0.717) is 12.8 Å².